The van der Waals surface area contributed by atoms with Crippen molar-refractivity contribution in [2.24, 2.45) is 0 Å². The Labute approximate surface area is 158 Å². The standard InChI is InChI=1S/C21H22N4O2/c26-20(14-16-6-4-12-22-15-16)25-13-5-9-18(25)10-11-19-23-21(27-24-19)17-7-2-1-3-8-17/h1-4,6-8,12,15,18H,5,9-11,13-14H2. The first-order valence-corrected chi connectivity index (χ1v) is 9.36. The molecule has 0 aliphatic carbocycles. The van der Waals surface area contributed by atoms with Crippen molar-refractivity contribution in [2.45, 2.75) is 38.1 Å². The van der Waals surface area contributed by atoms with Crippen LogP contribution in [0.25, 0.3) is 11.5 Å². The lowest BCUT2D eigenvalue weighted by molar-refractivity contribution is -0.131. The van der Waals surface area contributed by atoms with Crippen LogP contribution in [0, 0.1) is 0 Å². The fraction of sp³-hybridized carbons (Fsp3) is 0.333. The highest BCUT2D eigenvalue weighted by Crippen LogP contribution is 2.23. The third kappa shape index (κ3) is 4.22. The normalized spacial score (nSPS) is 16.6. The van der Waals surface area contributed by atoms with Crippen LogP contribution in [-0.2, 0) is 17.6 Å². The number of carbonyl (C=O) groups is 1. The first kappa shape index (κ1) is 17.4. The lowest BCUT2D eigenvalue weighted by Gasteiger charge is -2.24. The second kappa shape index (κ2) is 8.12. The molecule has 0 spiro atoms. The van der Waals surface area contributed by atoms with Gasteiger partial charge in [-0.2, -0.15) is 4.98 Å². The average molecular weight is 362 g/mol. The van der Waals surface area contributed by atoms with Crippen molar-refractivity contribution in [3.8, 4) is 11.5 Å². The summed E-state index contributed by atoms with van der Waals surface area (Å²) in [6.45, 7) is 0.825. The van der Waals surface area contributed by atoms with Gasteiger partial charge in [0.05, 0.1) is 6.42 Å². The monoisotopic (exact) mass is 362 g/mol. The Kier molecular flexibility index (Phi) is 5.23. The molecule has 138 valence electrons. The van der Waals surface area contributed by atoms with Crippen molar-refractivity contribution < 1.29 is 9.32 Å². The molecule has 3 aromatic rings. The van der Waals surface area contributed by atoms with Crippen LogP contribution >= 0.6 is 0 Å². The molecule has 1 unspecified atom stereocenters. The molecule has 1 aromatic carbocycles. The maximum atomic E-state index is 12.7. The Balaban J connectivity index is 1.35. The summed E-state index contributed by atoms with van der Waals surface area (Å²) in [4.78, 5) is 23.3. The molecule has 0 bridgehead atoms. The maximum absolute atomic E-state index is 12.7. The molecule has 1 saturated heterocycles. The number of hydrogen-bond donors (Lipinski definition) is 0. The third-order valence-electron chi connectivity index (χ3n) is 4.97. The molecule has 0 N–H and O–H groups in total. The topological polar surface area (TPSA) is 72.1 Å². The predicted molar refractivity (Wildman–Crippen MR) is 101 cm³/mol. The van der Waals surface area contributed by atoms with Gasteiger partial charge >= 0.3 is 0 Å². The van der Waals surface area contributed by atoms with E-state index in [-0.39, 0.29) is 11.9 Å². The lowest BCUT2D eigenvalue weighted by Crippen LogP contribution is -2.36. The first-order chi connectivity index (χ1) is 13.3. The number of aryl methyl sites for hydroxylation is 1. The number of carbonyl (C=O) groups excluding carboxylic acids is 1. The number of benzene rings is 1. The highest BCUT2D eigenvalue weighted by Gasteiger charge is 2.28. The van der Waals surface area contributed by atoms with Gasteiger partial charge in [-0.05, 0) is 43.0 Å². The Morgan fingerprint density at radius 1 is 1.19 bits per heavy atom. The SMILES string of the molecule is O=C(Cc1cccnc1)N1CCCC1CCc1noc(-c2ccccc2)n1. The molecule has 6 nitrogen and oxygen atoms in total. The van der Waals surface area contributed by atoms with E-state index in [9.17, 15) is 4.79 Å². The summed E-state index contributed by atoms with van der Waals surface area (Å²) in [7, 11) is 0. The zero-order valence-corrected chi connectivity index (χ0v) is 15.1. The zero-order chi connectivity index (χ0) is 18.5. The second-order valence-corrected chi connectivity index (χ2v) is 6.84. The van der Waals surface area contributed by atoms with Crippen LogP contribution in [0.1, 0.15) is 30.7 Å². The molecule has 1 aliphatic heterocycles. The van der Waals surface area contributed by atoms with Gasteiger partial charge in [0.1, 0.15) is 0 Å². The zero-order valence-electron chi connectivity index (χ0n) is 15.1. The third-order valence-corrected chi connectivity index (χ3v) is 4.97. The van der Waals surface area contributed by atoms with E-state index >= 15 is 0 Å². The van der Waals surface area contributed by atoms with E-state index in [2.05, 4.69) is 15.1 Å². The van der Waals surface area contributed by atoms with E-state index in [1.807, 2.05) is 47.4 Å². The van der Waals surface area contributed by atoms with Gasteiger partial charge in [0.2, 0.25) is 5.91 Å². The molecule has 1 amide bonds. The number of nitrogens with zero attached hydrogens (tertiary/aromatic N) is 4. The second-order valence-electron chi connectivity index (χ2n) is 6.84. The van der Waals surface area contributed by atoms with E-state index in [0.717, 1.165) is 36.9 Å². The van der Waals surface area contributed by atoms with Gasteiger partial charge in [0.15, 0.2) is 5.82 Å². The molecule has 1 fully saturated rings. The van der Waals surface area contributed by atoms with Gasteiger partial charge in [-0.15, -0.1) is 0 Å². The Bertz CT molecular complexity index is 879. The molecule has 1 aliphatic rings. The number of aromatic nitrogens is 3. The van der Waals surface area contributed by atoms with Gasteiger partial charge < -0.3 is 9.42 Å². The molecule has 27 heavy (non-hydrogen) atoms. The largest absolute Gasteiger partial charge is 0.339 e. The van der Waals surface area contributed by atoms with Crippen LogP contribution < -0.4 is 0 Å². The van der Waals surface area contributed by atoms with Gasteiger partial charge in [-0.1, -0.05) is 29.4 Å². The van der Waals surface area contributed by atoms with E-state index in [4.69, 9.17) is 4.52 Å². The van der Waals surface area contributed by atoms with Crippen LogP contribution in [0.3, 0.4) is 0 Å². The summed E-state index contributed by atoms with van der Waals surface area (Å²) in [5, 5.41) is 4.09. The Morgan fingerprint density at radius 3 is 2.89 bits per heavy atom. The van der Waals surface area contributed by atoms with Gasteiger partial charge in [-0.3, -0.25) is 9.78 Å². The quantitative estimate of drug-likeness (QED) is 0.673. The van der Waals surface area contributed by atoms with Crippen molar-refractivity contribution in [3.05, 3.63) is 66.2 Å². The number of rotatable bonds is 6. The molecule has 2 aromatic heterocycles. The molecule has 0 radical (unpaired) electrons. The fourth-order valence-corrected chi connectivity index (χ4v) is 3.59. The molecule has 3 heterocycles. The summed E-state index contributed by atoms with van der Waals surface area (Å²) in [6.07, 6.45) is 7.52. The summed E-state index contributed by atoms with van der Waals surface area (Å²) in [6, 6.07) is 13.8. The maximum Gasteiger partial charge on any atom is 0.257 e. The van der Waals surface area contributed by atoms with Gasteiger partial charge in [0, 0.05) is 37.0 Å². The van der Waals surface area contributed by atoms with Crippen molar-refractivity contribution in [3.63, 3.8) is 0 Å². The smallest absolute Gasteiger partial charge is 0.257 e. The van der Waals surface area contributed by atoms with Crippen molar-refractivity contribution in [1.82, 2.24) is 20.0 Å². The van der Waals surface area contributed by atoms with E-state index in [0.29, 0.717) is 24.6 Å². The van der Waals surface area contributed by atoms with E-state index in [1.165, 1.54) is 0 Å². The van der Waals surface area contributed by atoms with Gasteiger partial charge in [0.25, 0.3) is 5.89 Å². The highest BCUT2D eigenvalue weighted by atomic mass is 16.5. The number of amides is 1. The minimum absolute atomic E-state index is 0.170. The van der Waals surface area contributed by atoms with Crippen molar-refractivity contribution in [1.29, 1.82) is 0 Å². The van der Waals surface area contributed by atoms with E-state index < -0.39 is 0 Å². The molecule has 6 heteroatoms. The number of pyridine rings is 1. The minimum Gasteiger partial charge on any atom is -0.339 e. The van der Waals surface area contributed by atoms with Gasteiger partial charge in [-0.25, -0.2) is 0 Å². The molecular weight excluding hydrogens is 340 g/mol. The summed E-state index contributed by atoms with van der Waals surface area (Å²) < 4.78 is 5.37. The number of hydrogen-bond acceptors (Lipinski definition) is 5. The van der Waals surface area contributed by atoms with Crippen LogP contribution in [0.5, 0.6) is 0 Å². The Morgan fingerprint density at radius 2 is 2.07 bits per heavy atom. The predicted octanol–water partition coefficient (Wildman–Crippen LogP) is 3.30. The number of likely N-dealkylation sites (tertiary alicyclic amines) is 1. The van der Waals surface area contributed by atoms with Crippen LogP contribution in [0.15, 0.2) is 59.4 Å². The lowest BCUT2D eigenvalue weighted by atomic mass is 10.1. The average Bonchev–Trinajstić information content (AvgIpc) is 3.37. The summed E-state index contributed by atoms with van der Waals surface area (Å²) >= 11 is 0. The van der Waals surface area contributed by atoms with Crippen molar-refractivity contribution in [2.75, 3.05) is 6.54 Å². The summed E-state index contributed by atoms with van der Waals surface area (Å²) in [5.74, 6) is 1.41. The molecule has 1 atom stereocenters. The van der Waals surface area contributed by atoms with E-state index in [1.54, 1.807) is 12.4 Å². The highest BCUT2D eigenvalue weighted by molar-refractivity contribution is 5.79. The summed E-state index contributed by atoms with van der Waals surface area (Å²) in [5.41, 5.74) is 1.88. The van der Waals surface area contributed by atoms with Crippen LogP contribution in [0.4, 0.5) is 0 Å². The molecule has 4 rings (SSSR count). The minimum atomic E-state index is 0.170. The van der Waals surface area contributed by atoms with Crippen LogP contribution in [-0.4, -0.2) is 38.5 Å². The molecule has 0 saturated carbocycles. The van der Waals surface area contributed by atoms with Crippen molar-refractivity contribution >= 4 is 5.91 Å². The Hall–Kier alpha value is -3.02. The fourth-order valence-electron chi connectivity index (χ4n) is 3.59. The first-order valence-electron chi connectivity index (χ1n) is 9.36. The molecular formula is C21H22N4O2. The van der Waals surface area contributed by atoms with Crippen LogP contribution in [0.2, 0.25) is 0 Å².